The number of para-hydroxylation sites is 1. The normalized spacial score (nSPS) is 20.3. The van der Waals surface area contributed by atoms with Crippen molar-refractivity contribution >= 4 is 5.96 Å². The lowest BCUT2D eigenvalue weighted by Crippen LogP contribution is -2.39. The van der Waals surface area contributed by atoms with E-state index < -0.39 is 0 Å². The minimum Gasteiger partial charge on any atom is -0.493 e. The zero-order valence-electron chi connectivity index (χ0n) is 13.3. The molecule has 2 unspecified atom stereocenters. The molecule has 120 valence electrons. The van der Waals surface area contributed by atoms with Gasteiger partial charge in [0, 0.05) is 5.56 Å². The first-order chi connectivity index (χ1) is 11.2. The van der Waals surface area contributed by atoms with Crippen LogP contribution in [0.25, 0.3) is 0 Å². The molecular weight excluding hydrogens is 290 g/mol. The molecule has 0 spiro atoms. The summed E-state index contributed by atoms with van der Waals surface area (Å²) in [6, 6.07) is 16.1. The molecule has 0 bridgehead atoms. The molecule has 3 rings (SSSR count). The number of nitrogens with one attached hydrogen (secondary N) is 1. The highest BCUT2D eigenvalue weighted by atomic mass is 16.5. The van der Waals surface area contributed by atoms with E-state index in [1.165, 1.54) is 0 Å². The van der Waals surface area contributed by atoms with E-state index in [0.717, 1.165) is 23.3 Å². The summed E-state index contributed by atoms with van der Waals surface area (Å²) in [6.45, 7) is 0. The molecule has 0 saturated carbocycles. The summed E-state index contributed by atoms with van der Waals surface area (Å²) in [5, 5.41) is 3.25. The molecule has 0 amide bonds. The Labute approximate surface area is 136 Å². The number of methoxy groups -OCH3 is 2. The third-order valence-corrected chi connectivity index (χ3v) is 4.07. The van der Waals surface area contributed by atoms with Gasteiger partial charge in [-0.15, -0.1) is 0 Å². The first-order valence-corrected chi connectivity index (χ1v) is 7.58. The van der Waals surface area contributed by atoms with Gasteiger partial charge < -0.3 is 20.5 Å². The number of rotatable bonds is 4. The van der Waals surface area contributed by atoms with Crippen molar-refractivity contribution in [2.75, 3.05) is 14.2 Å². The number of nitrogens with zero attached hydrogens (tertiary/aromatic N) is 1. The zero-order chi connectivity index (χ0) is 16.2. The average Bonchev–Trinajstić information content (AvgIpc) is 2.61. The lowest BCUT2D eigenvalue weighted by atomic mass is 9.93. The molecule has 2 atom stereocenters. The SMILES string of the molecule is COc1cccc(C2CC(c3ccccc3)N=C(N)N2)c1OC. The molecule has 3 N–H and O–H groups in total. The fraction of sp³-hybridized carbons (Fsp3) is 0.278. The summed E-state index contributed by atoms with van der Waals surface area (Å²) in [5.41, 5.74) is 8.19. The quantitative estimate of drug-likeness (QED) is 0.911. The molecule has 1 heterocycles. The Hall–Kier alpha value is -2.69. The van der Waals surface area contributed by atoms with E-state index in [1.54, 1.807) is 14.2 Å². The summed E-state index contributed by atoms with van der Waals surface area (Å²) in [6.07, 6.45) is 0.800. The van der Waals surface area contributed by atoms with Gasteiger partial charge in [0.2, 0.25) is 0 Å². The van der Waals surface area contributed by atoms with E-state index in [0.29, 0.717) is 11.7 Å². The van der Waals surface area contributed by atoms with Crippen molar-refractivity contribution in [3.8, 4) is 11.5 Å². The molecule has 1 aliphatic rings. The summed E-state index contributed by atoms with van der Waals surface area (Å²) >= 11 is 0. The number of benzene rings is 2. The topological polar surface area (TPSA) is 68.9 Å². The van der Waals surface area contributed by atoms with Gasteiger partial charge in [-0.3, -0.25) is 0 Å². The van der Waals surface area contributed by atoms with Crippen molar-refractivity contribution in [2.45, 2.75) is 18.5 Å². The maximum absolute atomic E-state index is 6.02. The third-order valence-electron chi connectivity index (χ3n) is 4.07. The number of aliphatic imine (C=N–C) groups is 1. The van der Waals surface area contributed by atoms with Crippen LogP contribution >= 0.6 is 0 Å². The molecule has 0 radical (unpaired) electrons. The van der Waals surface area contributed by atoms with Crippen LogP contribution in [-0.2, 0) is 0 Å². The predicted molar refractivity (Wildman–Crippen MR) is 90.8 cm³/mol. The highest BCUT2D eigenvalue weighted by molar-refractivity contribution is 5.79. The summed E-state index contributed by atoms with van der Waals surface area (Å²) in [5.74, 6) is 1.89. The summed E-state index contributed by atoms with van der Waals surface area (Å²) in [7, 11) is 3.29. The smallest absolute Gasteiger partial charge is 0.189 e. The molecule has 23 heavy (non-hydrogen) atoms. The predicted octanol–water partition coefficient (Wildman–Crippen LogP) is 2.79. The number of hydrogen-bond acceptors (Lipinski definition) is 5. The second-order valence-electron chi connectivity index (χ2n) is 5.46. The van der Waals surface area contributed by atoms with Crippen molar-refractivity contribution in [3.63, 3.8) is 0 Å². The molecule has 0 aliphatic carbocycles. The molecule has 5 heteroatoms. The molecular formula is C18H21N3O2. The van der Waals surface area contributed by atoms with Crippen LogP contribution in [0.4, 0.5) is 0 Å². The Morgan fingerprint density at radius 3 is 2.52 bits per heavy atom. The minimum atomic E-state index is 0.0164. The lowest BCUT2D eigenvalue weighted by Gasteiger charge is -2.30. The van der Waals surface area contributed by atoms with Crippen LogP contribution in [0.2, 0.25) is 0 Å². The van der Waals surface area contributed by atoms with Crippen LogP contribution in [0, 0.1) is 0 Å². The maximum atomic E-state index is 6.02. The van der Waals surface area contributed by atoms with E-state index in [4.69, 9.17) is 15.2 Å². The fourth-order valence-electron chi connectivity index (χ4n) is 3.00. The first-order valence-electron chi connectivity index (χ1n) is 7.58. The Morgan fingerprint density at radius 1 is 1.04 bits per heavy atom. The monoisotopic (exact) mass is 311 g/mol. The van der Waals surface area contributed by atoms with Crippen molar-refractivity contribution in [2.24, 2.45) is 10.7 Å². The van der Waals surface area contributed by atoms with Crippen LogP contribution < -0.4 is 20.5 Å². The van der Waals surface area contributed by atoms with Gasteiger partial charge in [0.25, 0.3) is 0 Å². The lowest BCUT2D eigenvalue weighted by molar-refractivity contribution is 0.345. The van der Waals surface area contributed by atoms with Gasteiger partial charge in [-0.1, -0.05) is 42.5 Å². The van der Waals surface area contributed by atoms with Gasteiger partial charge in [-0.05, 0) is 18.1 Å². The third kappa shape index (κ3) is 3.08. The standard InChI is InChI=1S/C18H21N3O2/c1-22-16-10-6-9-13(17(16)23-2)15-11-14(20-18(19)21-15)12-7-4-3-5-8-12/h3-10,14-15H,11H2,1-2H3,(H3,19,20,21). The number of guanidine groups is 1. The summed E-state index contributed by atoms with van der Waals surface area (Å²) in [4.78, 5) is 4.54. The van der Waals surface area contributed by atoms with Crippen LogP contribution in [0.3, 0.4) is 0 Å². The average molecular weight is 311 g/mol. The molecule has 0 aromatic heterocycles. The number of ether oxygens (including phenoxy) is 2. The van der Waals surface area contributed by atoms with Crippen LogP contribution in [-0.4, -0.2) is 20.2 Å². The second kappa shape index (κ2) is 6.60. The Balaban J connectivity index is 1.94. The largest absolute Gasteiger partial charge is 0.493 e. The Kier molecular flexibility index (Phi) is 4.37. The van der Waals surface area contributed by atoms with Gasteiger partial charge in [-0.2, -0.15) is 0 Å². The zero-order valence-corrected chi connectivity index (χ0v) is 13.3. The van der Waals surface area contributed by atoms with E-state index in [-0.39, 0.29) is 12.1 Å². The second-order valence-corrected chi connectivity index (χ2v) is 5.46. The first kappa shape index (κ1) is 15.2. The molecule has 2 aromatic rings. The Morgan fingerprint density at radius 2 is 1.83 bits per heavy atom. The van der Waals surface area contributed by atoms with Gasteiger partial charge in [-0.25, -0.2) is 4.99 Å². The van der Waals surface area contributed by atoms with Gasteiger partial charge in [0.1, 0.15) is 0 Å². The van der Waals surface area contributed by atoms with E-state index >= 15 is 0 Å². The molecule has 1 aliphatic heterocycles. The Bertz CT molecular complexity index is 701. The highest BCUT2D eigenvalue weighted by Gasteiger charge is 2.27. The van der Waals surface area contributed by atoms with Crippen molar-refractivity contribution in [1.29, 1.82) is 0 Å². The van der Waals surface area contributed by atoms with E-state index in [1.807, 2.05) is 36.4 Å². The van der Waals surface area contributed by atoms with Crippen molar-refractivity contribution in [3.05, 3.63) is 59.7 Å². The van der Waals surface area contributed by atoms with E-state index in [9.17, 15) is 0 Å². The highest BCUT2D eigenvalue weighted by Crippen LogP contribution is 2.39. The van der Waals surface area contributed by atoms with Crippen molar-refractivity contribution < 1.29 is 9.47 Å². The van der Waals surface area contributed by atoms with E-state index in [2.05, 4.69) is 22.4 Å². The molecule has 5 nitrogen and oxygen atoms in total. The van der Waals surface area contributed by atoms with Gasteiger partial charge >= 0.3 is 0 Å². The molecule has 0 saturated heterocycles. The van der Waals surface area contributed by atoms with Gasteiger partial charge in [0.05, 0.1) is 26.3 Å². The number of hydrogen-bond donors (Lipinski definition) is 2. The molecule has 2 aromatic carbocycles. The van der Waals surface area contributed by atoms with Crippen LogP contribution in [0.1, 0.15) is 29.6 Å². The summed E-state index contributed by atoms with van der Waals surface area (Å²) < 4.78 is 10.9. The molecule has 0 fully saturated rings. The fourth-order valence-corrected chi connectivity index (χ4v) is 3.00. The van der Waals surface area contributed by atoms with Crippen LogP contribution in [0.15, 0.2) is 53.5 Å². The number of nitrogens with two attached hydrogens (primary N) is 1. The van der Waals surface area contributed by atoms with Crippen molar-refractivity contribution in [1.82, 2.24) is 5.32 Å². The minimum absolute atomic E-state index is 0.0164. The van der Waals surface area contributed by atoms with Crippen LogP contribution in [0.5, 0.6) is 11.5 Å². The maximum Gasteiger partial charge on any atom is 0.189 e. The van der Waals surface area contributed by atoms with Gasteiger partial charge in [0.15, 0.2) is 17.5 Å².